The molecule has 1 heterocycles. The van der Waals surface area contributed by atoms with Gasteiger partial charge >= 0.3 is 0 Å². The number of rotatable bonds is 4. The third kappa shape index (κ3) is 1.69. The number of imidazole rings is 1. The second-order valence-corrected chi connectivity index (χ2v) is 5.70. The molecule has 0 saturated heterocycles. The van der Waals surface area contributed by atoms with Crippen LogP contribution in [0, 0.1) is 16.7 Å². The maximum Gasteiger partial charge on any atom is 0.0922 e. The van der Waals surface area contributed by atoms with Gasteiger partial charge in [0.05, 0.1) is 6.33 Å². The van der Waals surface area contributed by atoms with Crippen molar-refractivity contribution >= 4 is 0 Å². The zero-order valence-corrected chi connectivity index (χ0v) is 10.1. The Kier molecular flexibility index (Phi) is 2.38. The van der Waals surface area contributed by atoms with Crippen molar-refractivity contribution in [1.82, 2.24) is 15.3 Å². The van der Waals surface area contributed by atoms with E-state index >= 15 is 0 Å². The molecule has 0 radical (unpaired) electrons. The lowest BCUT2D eigenvalue weighted by Gasteiger charge is -2.04. The van der Waals surface area contributed by atoms with Crippen molar-refractivity contribution < 1.29 is 0 Å². The molecule has 1 aromatic rings. The highest BCUT2D eigenvalue weighted by Crippen LogP contribution is 2.67. The van der Waals surface area contributed by atoms with E-state index in [9.17, 15) is 0 Å². The number of aromatic amines is 1. The molecule has 0 unspecified atom stereocenters. The van der Waals surface area contributed by atoms with Gasteiger partial charge in [-0.2, -0.15) is 0 Å². The Morgan fingerprint density at radius 1 is 1.33 bits per heavy atom. The van der Waals surface area contributed by atoms with Crippen LogP contribution in [0.4, 0.5) is 0 Å². The highest BCUT2D eigenvalue weighted by atomic mass is 15.0. The maximum absolute atomic E-state index is 4.00. The molecule has 2 N–H and O–H groups in total. The number of H-pyrrole nitrogens is 1. The molecule has 0 spiro atoms. The van der Waals surface area contributed by atoms with Gasteiger partial charge in [0.2, 0.25) is 0 Å². The number of aromatic nitrogens is 2. The monoisotopic (exact) mass is 207 g/mol. The fraction of sp³-hybridized carbons (Fsp3) is 0.750. The van der Waals surface area contributed by atoms with Gasteiger partial charge in [0.25, 0.3) is 0 Å². The molecule has 2 rings (SSSR count). The first-order chi connectivity index (χ1) is 6.96. The predicted octanol–water partition coefficient (Wildman–Crippen LogP) is 2.18. The van der Waals surface area contributed by atoms with Gasteiger partial charge in [0.15, 0.2) is 0 Å². The molecule has 3 nitrogen and oxygen atoms in total. The SMILES string of the molecule is CC1(C)C(CNCc2cnc[nH]2)C1(C)C. The minimum atomic E-state index is 0.480. The van der Waals surface area contributed by atoms with Crippen molar-refractivity contribution in [3.05, 3.63) is 18.2 Å². The van der Waals surface area contributed by atoms with E-state index in [2.05, 4.69) is 43.0 Å². The van der Waals surface area contributed by atoms with Crippen LogP contribution in [0.1, 0.15) is 33.4 Å². The highest BCUT2D eigenvalue weighted by Gasteiger charge is 2.63. The van der Waals surface area contributed by atoms with Crippen LogP contribution in [0.25, 0.3) is 0 Å². The normalized spacial score (nSPS) is 22.9. The molecular formula is C12H21N3. The topological polar surface area (TPSA) is 40.7 Å². The highest BCUT2D eigenvalue weighted by molar-refractivity contribution is 5.13. The molecule has 0 aromatic carbocycles. The van der Waals surface area contributed by atoms with Crippen molar-refractivity contribution in [2.45, 2.75) is 34.2 Å². The molecule has 0 amide bonds. The number of nitrogens with zero attached hydrogens (tertiary/aromatic N) is 1. The van der Waals surface area contributed by atoms with Gasteiger partial charge in [-0.1, -0.05) is 27.7 Å². The number of hydrogen-bond acceptors (Lipinski definition) is 2. The van der Waals surface area contributed by atoms with Crippen LogP contribution in [0.15, 0.2) is 12.5 Å². The first-order valence-corrected chi connectivity index (χ1v) is 5.64. The number of nitrogens with one attached hydrogen (secondary N) is 2. The van der Waals surface area contributed by atoms with Gasteiger partial charge in [-0.15, -0.1) is 0 Å². The van der Waals surface area contributed by atoms with Crippen molar-refractivity contribution in [3.8, 4) is 0 Å². The standard InChI is InChI=1S/C12H21N3/c1-11(2)10(12(11,3)4)7-13-5-9-6-14-8-15-9/h6,8,10,13H,5,7H2,1-4H3,(H,14,15). The molecule has 1 aliphatic rings. The Bertz CT molecular complexity index is 311. The Labute approximate surface area is 91.7 Å². The molecule has 0 bridgehead atoms. The molecule has 0 aliphatic heterocycles. The van der Waals surface area contributed by atoms with E-state index in [0.29, 0.717) is 10.8 Å². The Balaban J connectivity index is 1.77. The van der Waals surface area contributed by atoms with Gasteiger partial charge < -0.3 is 10.3 Å². The van der Waals surface area contributed by atoms with Gasteiger partial charge in [-0.05, 0) is 23.3 Å². The lowest BCUT2D eigenvalue weighted by atomic mass is 10.0. The average molecular weight is 207 g/mol. The predicted molar refractivity (Wildman–Crippen MR) is 61.3 cm³/mol. The average Bonchev–Trinajstić information content (AvgIpc) is 2.62. The van der Waals surface area contributed by atoms with E-state index < -0.39 is 0 Å². The summed E-state index contributed by atoms with van der Waals surface area (Å²) in [5.74, 6) is 0.785. The van der Waals surface area contributed by atoms with Gasteiger partial charge in [-0.25, -0.2) is 4.98 Å². The Hall–Kier alpha value is -0.830. The van der Waals surface area contributed by atoms with E-state index in [1.807, 2.05) is 6.20 Å². The van der Waals surface area contributed by atoms with E-state index in [-0.39, 0.29) is 0 Å². The van der Waals surface area contributed by atoms with Crippen molar-refractivity contribution in [3.63, 3.8) is 0 Å². The summed E-state index contributed by atoms with van der Waals surface area (Å²) >= 11 is 0. The van der Waals surface area contributed by atoms with Crippen molar-refractivity contribution in [1.29, 1.82) is 0 Å². The molecule has 0 atom stereocenters. The summed E-state index contributed by atoms with van der Waals surface area (Å²) in [6.45, 7) is 11.4. The smallest absolute Gasteiger partial charge is 0.0922 e. The minimum absolute atomic E-state index is 0.480. The molecule has 1 aliphatic carbocycles. The summed E-state index contributed by atoms with van der Waals surface area (Å²) in [4.78, 5) is 7.10. The summed E-state index contributed by atoms with van der Waals surface area (Å²) in [5, 5.41) is 3.49. The Morgan fingerprint density at radius 2 is 2.00 bits per heavy atom. The molecule has 15 heavy (non-hydrogen) atoms. The van der Waals surface area contributed by atoms with Gasteiger partial charge in [0, 0.05) is 18.4 Å². The van der Waals surface area contributed by atoms with E-state index in [1.165, 1.54) is 0 Å². The summed E-state index contributed by atoms with van der Waals surface area (Å²) in [6.07, 6.45) is 3.60. The Morgan fingerprint density at radius 3 is 2.47 bits per heavy atom. The molecular weight excluding hydrogens is 186 g/mol. The zero-order valence-electron chi connectivity index (χ0n) is 10.1. The van der Waals surface area contributed by atoms with Gasteiger partial charge in [0.1, 0.15) is 0 Å². The summed E-state index contributed by atoms with van der Waals surface area (Å²) in [7, 11) is 0. The van der Waals surface area contributed by atoms with Crippen LogP contribution in [-0.4, -0.2) is 16.5 Å². The molecule has 1 saturated carbocycles. The van der Waals surface area contributed by atoms with Crippen LogP contribution < -0.4 is 5.32 Å². The minimum Gasteiger partial charge on any atom is -0.347 e. The van der Waals surface area contributed by atoms with Gasteiger partial charge in [-0.3, -0.25) is 0 Å². The largest absolute Gasteiger partial charge is 0.347 e. The molecule has 1 fully saturated rings. The van der Waals surface area contributed by atoms with E-state index in [1.54, 1.807) is 6.33 Å². The second-order valence-electron chi connectivity index (χ2n) is 5.70. The van der Waals surface area contributed by atoms with E-state index in [4.69, 9.17) is 0 Å². The lowest BCUT2D eigenvalue weighted by molar-refractivity contribution is 0.457. The zero-order chi connectivity index (χ0) is 11.1. The van der Waals surface area contributed by atoms with Crippen LogP contribution in [0.5, 0.6) is 0 Å². The molecule has 3 heteroatoms. The number of hydrogen-bond donors (Lipinski definition) is 2. The summed E-state index contributed by atoms with van der Waals surface area (Å²) in [5.41, 5.74) is 2.12. The molecule has 84 valence electrons. The second kappa shape index (κ2) is 3.34. The third-order valence-electron chi connectivity index (χ3n) is 4.54. The first-order valence-electron chi connectivity index (χ1n) is 5.64. The first kappa shape index (κ1) is 10.7. The maximum atomic E-state index is 4.00. The quantitative estimate of drug-likeness (QED) is 0.794. The summed E-state index contributed by atoms with van der Waals surface area (Å²) in [6, 6.07) is 0. The van der Waals surface area contributed by atoms with E-state index in [0.717, 1.165) is 24.7 Å². The molecule has 1 aromatic heterocycles. The summed E-state index contributed by atoms with van der Waals surface area (Å²) < 4.78 is 0. The van der Waals surface area contributed by atoms with Crippen molar-refractivity contribution in [2.75, 3.05) is 6.54 Å². The van der Waals surface area contributed by atoms with Crippen LogP contribution in [0.3, 0.4) is 0 Å². The van der Waals surface area contributed by atoms with Crippen LogP contribution in [0.2, 0.25) is 0 Å². The van der Waals surface area contributed by atoms with Crippen LogP contribution >= 0.6 is 0 Å². The fourth-order valence-corrected chi connectivity index (χ4v) is 2.58. The van der Waals surface area contributed by atoms with Crippen molar-refractivity contribution in [2.24, 2.45) is 16.7 Å². The third-order valence-corrected chi connectivity index (χ3v) is 4.54. The lowest BCUT2D eigenvalue weighted by Crippen LogP contribution is -2.19. The fourth-order valence-electron chi connectivity index (χ4n) is 2.58. The van der Waals surface area contributed by atoms with Crippen LogP contribution in [-0.2, 0) is 6.54 Å².